The second-order valence-electron chi connectivity index (χ2n) is 8.43. The number of benzene rings is 3. The number of ketones is 1. The Hall–Kier alpha value is -3.68. The van der Waals surface area contributed by atoms with Crippen molar-refractivity contribution in [3.05, 3.63) is 103 Å². The monoisotopic (exact) mass is 702 g/mol. The number of carbonyl (C=O) groups is 2. The molecule has 0 aromatic heterocycles. The van der Waals surface area contributed by atoms with Crippen molar-refractivity contribution >= 4 is 45.7 Å². The molecule has 0 spiro atoms. The topological polar surface area (TPSA) is 50.5 Å². The first kappa shape index (κ1) is 31.8. The maximum Gasteiger partial charge on any atom is 0.435 e. The van der Waals surface area contributed by atoms with Gasteiger partial charge in [0, 0.05) is 32.4 Å². The number of nitrogens with one attached hydrogen (secondary N) is 1. The van der Waals surface area contributed by atoms with E-state index in [1.165, 1.54) is 36.4 Å². The standard InChI is InChI=1S/C26H13F10IN2O2/c1-38-16-7-5-13(6-8-16)22(41)39-17-4-2-3-14(9-17)21(40)12-18-19(24(28,29)30)10-15(11-20(18)37)23(27,25(31,32)33)26(34,35)36/h2-11H,12H2,(H,39,41). The summed E-state index contributed by atoms with van der Waals surface area (Å²) in [6.07, 6.45) is -20.0. The minimum atomic E-state index is -6.64. The molecule has 1 amide bonds. The summed E-state index contributed by atoms with van der Waals surface area (Å²) in [6, 6.07) is 9.71. The van der Waals surface area contributed by atoms with E-state index in [1.807, 2.05) is 0 Å². The number of hydrogen-bond donors (Lipinski definition) is 1. The molecule has 15 heteroatoms. The molecule has 0 heterocycles. The molecule has 41 heavy (non-hydrogen) atoms. The molecular formula is C26H13F10IN2O2. The van der Waals surface area contributed by atoms with E-state index in [0.29, 0.717) is 0 Å². The van der Waals surface area contributed by atoms with Gasteiger partial charge >= 0.3 is 24.2 Å². The van der Waals surface area contributed by atoms with Crippen LogP contribution >= 0.6 is 22.6 Å². The molecule has 4 nitrogen and oxygen atoms in total. The Morgan fingerprint density at radius 3 is 1.90 bits per heavy atom. The molecule has 0 aliphatic rings. The summed E-state index contributed by atoms with van der Waals surface area (Å²) in [5, 5.41) is 2.45. The van der Waals surface area contributed by atoms with Gasteiger partial charge in [0.1, 0.15) is 0 Å². The van der Waals surface area contributed by atoms with Gasteiger partial charge in [0.05, 0.1) is 12.1 Å². The number of halogens is 11. The molecule has 0 saturated heterocycles. The first-order chi connectivity index (χ1) is 18.8. The summed E-state index contributed by atoms with van der Waals surface area (Å²) in [6.45, 7) is 6.92. The molecule has 3 aromatic rings. The van der Waals surface area contributed by atoms with Gasteiger partial charge in [0.2, 0.25) is 0 Å². The van der Waals surface area contributed by atoms with Crippen LogP contribution in [0, 0.1) is 10.1 Å². The molecule has 0 unspecified atom stereocenters. The SMILES string of the molecule is [C-]#[N+]c1ccc(C(=O)Nc2cccc(C(=O)Cc3c(I)cc(C(F)(C(F)(F)F)C(F)(F)F)cc3C(F)(F)F)c2)cc1. The van der Waals surface area contributed by atoms with E-state index in [-0.39, 0.29) is 28.6 Å². The lowest BCUT2D eigenvalue weighted by molar-refractivity contribution is -0.348. The molecule has 3 rings (SSSR count). The van der Waals surface area contributed by atoms with Crippen LogP contribution in [0.3, 0.4) is 0 Å². The Kier molecular flexibility index (Phi) is 8.78. The highest BCUT2D eigenvalue weighted by atomic mass is 127. The van der Waals surface area contributed by atoms with E-state index >= 15 is 0 Å². The molecule has 3 aromatic carbocycles. The summed E-state index contributed by atoms with van der Waals surface area (Å²) in [5.74, 6) is -1.68. The van der Waals surface area contributed by atoms with Crippen LogP contribution in [0.25, 0.3) is 4.85 Å². The molecule has 0 atom stereocenters. The fourth-order valence-electron chi connectivity index (χ4n) is 3.68. The van der Waals surface area contributed by atoms with Crippen LogP contribution in [-0.2, 0) is 18.3 Å². The molecule has 0 bridgehead atoms. The number of anilines is 1. The van der Waals surface area contributed by atoms with Gasteiger partial charge < -0.3 is 5.32 Å². The average molecular weight is 702 g/mol. The zero-order chi connectivity index (χ0) is 31.0. The van der Waals surface area contributed by atoms with Crippen LogP contribution in [0.1, 0.15) is 37.4 Å². The Bertz CT molecular complexity index is 1510. The van der Waals surface area contributed by atoms with Crippen LogP contribution < -0.4 is 5.32 Å². The van der Waals surface area contributed by atoms with Crippen molar-refractivity contribution in [1.29, 1.82) is 0 Å². The van der Waals surface area contributed by atoms with Crippen molar-refractivity contribution in [2.24, 2.45) is 0 Å². The van der Waals surface area contributed by atoms with Crippen LogP contribution in [-0.4, -0.2) is 24.0 Å². The molecule has 0 aliphatic carbocycles. The van der Waals surface area contributed by atoms with E-state index in [0.717, 1.165) is 34.7 Å². The van der Waals surface area contributed by atoms with Gasteiger partial charge in [-0.3, -0.25) is 9.59 Å². The summed E-state index contributed by atoms with van der Waals surface area (Å²) in [5.41, 5.74) is -11.3. The summed E-state index contributed by atoms with van der Waals surface area (Å²) in [7, 11) is 0. The lowest BCUT2D eigenvalue weighted by Gasteiger charge is -2.31. The van der Waals surface area contributed by atoms with Crippen LogP contribution in [0.4, 0.5) is 55.3 Å². The fraction of sp³-hybridized carbons (Fsp3) is 0.192. The maximum absolute atomic E-state index is 14.5. The van der Waals surface area contributed by atoms with E-state index in [9.17, 15) is 53.5 Å². The second-order valence-corrected chi connectivity index (χ2v) is 9.59. The van der Waals surface area contributed by atoms with Crippen molar-refractivity contribution in [3.63, 3.8) is 0 Å². The zero-order valence-corrected chi connectivity index (χ0v) is 22.1. The minimum Gasteiger partial charge on any atom is -0.322 e. The van der Waals surface area contributed by atoms with Crippen molar-refractivity contribution in [2.45, 2.75) is 30.6 Å². The highest BCUT2D eigenvalue weighted by molar-refractivity contribution is 14.1. The Labute approximate surface area is 238 Å². The number of Topliss-reactive ketones (excluding diaryl/α,β-unsaturated/α-hetero) is 1. The lowest BCUT2D eigenvalue weighted by Crippen LogP contribution is -2.50. The van der Waals surface area contributed by atoms with Gasteiger partial charge in [0.25, 0.3) is 5.91 Å². The number of carbonyl (C=O) groups excluding carboxylic acids is 2. The van der Waals surface area contributed by atoms with Crippen LogP contribution in [0.2, 0.25) is 0 Å². The molecule has 216 valence electrons. The summed E-state index contributed by atoms with van der Waals surface area (Å²) >= 11 is 1.01. The lowest BCUT2D eigenvalue weighted by atomic mass is 9.89. The zero-order valence-electron chi connectivity index (χ0n) is 19.9. The highest BCUT2D eigenvalue weighted by Gasteiger charge is 2.73. The van der Waals surface area contributed by atoms with E-state index in [1.54, 1.807) is 0 Å². The predicted octanol–water partition coefficient (Wildman–Crippen LogP) is 8.83. The first-order valence-corrected chi connectivity index (χ1v) is 12.0. The predicted molar refractivity (Wildman–Crippen MR) is 134 cm³/mol. The third kappa shape index (κ3) is 6.63. The second kappa shape index (κ2) is 11.3. The summed E-state index contributed by atoms with van der Waals surface area (Å²) in [4.78, 5) is 28.5. The quantitative estimate of drug-likeness (QED) is 0.121. The van der Waals surface area contributed by atoms with Gasteiger partial charge in [-0.05, 0) is 52.4 Å². The first-order valence-electron chi connectivity index (χ1n) is 10.9. The van der Waals surface area contributed by atoms with Crippen molar-refractivity contribution in [2.75, 3.05) is 5.32 Å². The van der Waals surface area contributed by atoms with E-state index in [2.05, 4.69) is 10.2 Å². The van der Waals surface area contributed by atoms with Crippen LogP contribution in [0.15, 0.2) is 60.7 Å². The molecule has 0 fully saturated rings. The molecule has 1 N–H and O–H groups in total. The van der Waals surface area contributed by atoms with Gasteiger partial charge in [-0.15, -0.1) is 0 Å². The normalized spacial score (nSPS) is 12.5. The average Bonchev–Trinajstić information content (AvgIpc) is 2.87. The van der Waals surface area contributed by atoms with Gasteiger partial charge in [0.15, 0.2) is 11.5 Å². The molecule has 0 saturated carbocycles. The summed E-state index contributed by atoms with van der Waals surface area (Å²) < 4.78 is 134. The third-order valence-corrected chi connectivity index (χ3v) is 6.68. The molecule has 0 aliphatic heterocycles. The number of rotatable bonds is 6. The largest absolute Gasteiger partial charge is 0.435 e. The van der Waals surface area contributed by atoms with Crippen LogP contribution in [0.5, 0.6) is 0 Å². The van der Waals surface area contributed by atoms with E-state index < -0.39 is 68.6 Å². The molecular weight excluding hydrogens is 689 g/mol. The third-order valence-electron chi connectivity index (χ3n) is 5.72. The van der Waals surface area contributed by atoms with Gasteiger partial charge in [-0.25, -0.2) is 9.24 Å². The van der Waals surface area contributed by atoms with Gasteiger partial charge in [-0.1, -0.05) is 36.4 Å². The fourth-order valence-corrected chi connectivity index (χ4v) is 4.50. The van der Waals surface area contributed by atoms with E-state index in [4.69, 9.17) is 6.57 Å². The smallest absolute Gasteiger partial charge is 0.322 e. The highest BCUT2D eigenvalue weighted by Crippen LogP contribution is 2.54. The Morgan fingerprint density at radius 2 is 1.39 bits per heavy atom. The number of alkyl halides is 10. The molecule has 0 radical (unpaired) electrons. The van der Waals surface area contributed by atoms with Gasteiger partial charge in [-0.2, -0.15) is 39.5 Å². The number of nitrogens with zero attached hydrogens (tertiary/aromatic N) is 1. The maximum atomic E-state index is 14.5. The van der Waals surface area contributed by atoms with Crippen molar-refractivity contribution in [3.8, 4) is 0 Å². The number of hydrogen-bond acceptors (Lipinski definition) is 2. The minimum absolute atomic E-state index is 0.0324. The van der Waals surface area contributed by atoms with Crippen molar-refractivity contribution in [1.82, 2.24) is 0 Å². The Balaban J connectivity index is 1.97. The Morgan fingerprint density at radius 1 is 0.805 bits per heavy atom. The van der Waals surface area contributed by atoms with Crippen molar-refractivity contribution < 1.29 is 53.5 Å². The number of amides is 1.